The van der Waals surface area contributed by atoms with E-state index in [-0.39, 0.29) is 0 Å². The fourth-order valence-corrected chi connectivity index (χ4v) is 1.24. The fourth-order valence-electron chi connectivity index (χ4n) is 1.24. The minimum absolute atomic E-state index is 0.741. The van der Waals surface area contributed by atoms with Gasteiger partial charge >= 0.3 is 0 Å². The highest BCUT2D eigenvalue weighted by Gasteiger charge is 1.99. The molecule has 13 heavy (non-hydrogen) atoms. The van der Waals surface area contributed by atoms with Crippen molar-refractivity contribution in [2.75, 3.05) is 5.73 Å². The van der Waals surface area contributed by atoms with E-state index in [0.29, 0.717) is 0 Å². The molecule has 0 saturated heterocycles. The molecule has 2 aromatic rings. The molecule has 3 nitrogen and oxygen atoms in total. The number of hydrogen-bond donors (Lipinski definition) is 1. The normalized spacial score (nSPS) is 10.2. The molecular formula is C10H10N2O. The van der Waals surface area contributed by atoms with Gasteiger partial charge in [-0.1, -0.05) is 17.3 Å². The van der Waals surface area contributed by atoms with Gasteiger partial charge in [0.2, 0.25) is 0 Å². The van der Waals surface area contributed by atoms with E-state index in [1.54, 1.807) is 6.20 Å². The minimum Gasteiger partial charge on any atom is -0.399 e. The molecule has 0 saturated carbocycles. The van der Waals surface area contributed by atoms with Crippen molar-refractivity contribution in [3.8, 4) is 0 Å². The molecule has 0 spiro atoms. The average Bonchev–Trinajstić information content (AvgIpc) is 2.57. The van der Waals surface area contributed by atoms with Crippen LogP contribution in [0.15, 0.2) is 41.1 Å². The summed E-state index contributed by atoms with van der Waals surface area (Å²) in [5.74, 6) is 0.852. The smallest absolute Gasteiger partial charge is 0.141 e. The zero-order chi connectivity index (χ0) is 9.10. The third-order valence-electron chi connectivity index (χ3n) is 1.82. The molecule has 1 aromatic heterocycles. The minimum atomic E-state index is 0.741. The molecule has 0 aliphatic carbocycles. The van der Waals surface area contributed by atoms with Gasteiger partial charge in [-0.3, -0.25) is 0 Å². The van der Waals surface area contributed by atoms with Gasteiger partial charge in [0, 0.05) is 18.2 Å². The SMILES string of the molecule is Nc1cccc(Cc2ccno2)c1. The van der Waals surface area contributed by atoms with E-state index in [9.17, 15) is 0 Å². The highest BCUT2D eigenvalue weighted by atomic mass is 16.5. The highest BCUT2D eigenvalue weighted by molar-refractivity contribution is 5.41. The molecule has 0 atom stereocenters. The molecule has 2 rings (SSSR count). The lowest BCUT2D eigenvalue weighted by Crippen LogP contribution is -1.89. The fraction of sp³-hybridized carbons (Fsp3) is 0.100. The van der Waals surface area contributed by atoms with Crippen LogP contribution in [0, 0.1) is 0 Å². The Morgan fingerprint density at radius 1 is 1.31 bits per heavy atom. The van der Waals surface area contributed by atoms with Crippen molar-refractivity contribution in [1.29, 1.82) is 0 Å². The van der Waals surface area contributed by atoms with E-state index < -0.39 is 0 Å². The molecule has 1 heterocycles. The van der Waals surface area contributed by atoms with Gasteiger partial charge in [-0.25, -0.2) is 0 Å². The molecule has 0 bridgehead atoms. The first-order valence-electron chi connectivity index (χ1n) is 4.08. The summed E-state index contributed by atoms with van der Waals surface area (Å²) in [6.45, 7) is 0. The maximum atomic E-state index is 5.64. The van der Waals surface area contributed by atoms with Gasteiger partial charge in [-0.15, -0.1) is 0 Å². The van der Waals surface area contributed by atoms with Gasteiger partial charge < -0.3 is 10.3 Å². The van der Waals surface area contributed by atoms with Gasteiger partial charge in [-0.05, 0) is 17.7 Å². The third kappa shape index (κ3) is 1.87. The number of hydrogen-bond acceptors (Lipinski definition) is 3. The van der Waals surface area contributed by atoms with Crippen LogP contribution in [0.25, 0.3) is 0 Å². The number of nitrogens with two attached hydrogens (primary N) is 1. The van der Waals surface area contributed by atoms with Crippen LogP contribution in [0.4, 0.5) is 5.69 Å². The van der Waals surface area contributed by atoms with Crippen LogP contribution >= 0.6 is 0 Å². The molecular weight excluding hydrogens is 164 g/mol. The van der Waals surface area contributed by atoms with Crippen molar-refractivity contribution in [1.82, 2.24) is 5.16 Å². The molecule has 0 aliphatic heterocycles. The monoisotopic (exact) mass is 174 g/mol. The average molecular weight is 174 g/mol. The van der Waals surface area contributed by atoms with E-state index in [2.05, 4.69) is 5.16 Å². The molecule has 0 aliphatic rings. The van der Waals surface area contributed by atoms with Crippen molar-refractivity contribution < 1.29 is 4.52 Å². The second-order valence-corrected chi connectivity index (χ2v) is 2.90. The number of benzene rings is 1. The van der Waals surface area contributed by atoms with Crippen molar-refractivity contribution >= 4 is 5.69 Å². The number of rotatable bonds is 2. The van der Waals surface area contributed by atoms with Gasteiger partial charge in [0.1, 0.15) is 5.76 Å². The topological polar surface area (TPSA) is 52.0 Å². The Balaban J connectivity index is 2.19. The number of anilines is 1. The quantitative estimate of drug-likeness (QED) is 0.707. The van der Waals surface area contributed by atoms with E-state index in [1.807, 2.05) is 30.3 Å². The zero-order valence-electron chi connectivity index (χ0n) is 7.10. The number of aromatic nitrogens is 1. The van der Waals surface area contributed by atoms with Crippen LogP contribution in [0.1, 0.15) is 11.3 Å². The largest absolute Gasteiger partial charge is 0.399 e. The summed E-state index contributed by atoms with van der Waals surface area (Å²) in [5.41, 5.74) is 7.55. The zero-order valence-corrected chi connectivity index (χ0v) is 7.10. The third-order valence-corrected chi connectivity index (χ3v) is 1.82. The van der Waals surface area contributed by atoms with E-state index in [4.69, 9.17) is 10.3 Å². The summed E-state index contributed by atoms with van der Waals surface area (Å²) < 4.78 is 4.99. The van der Waals surface area contributed by atoms with Crippen molar-refractivity contribution in [3.63, 3.8) is 0 Å². The first kappa shape index (κ1) is 7.86. The second-order valence-electron chi connectivity index (χ2n) is 2.90. The Bertz CT molecular complexity index is 382. The molecule has 0 radical (unpaired) electrons. The van der Waals surface area contributed by atoms with Gasteiger partial charge in [0.05, 0.1) is 6.20 Å². The Hall–Kier alpha value is -1.77. The second kappa shape index (κ2) is 3.31. The summed E-state index contributed by atoms with van der Waals surface area (Å²) in [5, 5.41) is 3.63. The molecule has 0 fully saturated rings. The van der Waals surface area contributed by atoms with Gasteiger partial charge in [-0.2, -0.15) is 0 Å². The Morgan fingerprint density at radius 3 is 2.92 bits per heavy atom. The lowest BCUT2D eigenvalue weighted by Gasteiger charge is -1.98. The van der Waals surface area contributed by atoms with Gasteiger partial charge in [0.15, 0.2) is 0 Å². The van der Waals surface area contributed by atoms with E-state index >= 15 is 0 Å². The Labute approximate surface area is 76.2 Å². The Kier molecular flexibility index (Phi) is 2.00. The summed E-state index contributed by atoms with van der Waals surface area (Å²) >= 11 is 0. The molecule has 3 heteroatoms. The van der Waals surface area contributed by atoms with E-state index in [1.165, 1.54) is 0 Å². The Morgan fingerprint density at radius 2 is 2.23 bits per heavy atom. The molecule has 66 valence electrons. The van der Waals surface area contributed by atoms with Crippen LogP contribution < -0.4 is 5.73 Å². The predicted molar refractivity (Wildman–Crippen MR) is 50.2 cm³/mol. The summed E-state index contributed by atoms with van der Waals surface area (Å²) in [7, 11) is 0. The van der Waals surface area contributed by atoms with Crippen LogP contribution in [-0.4, -0.2) is 5.16 Å². The summed E-state index contributed by atoms with van der Waals surface area (Å²) in [6, 6.07) is 9.59. The summed E-state index contributed by atoms with van der Waals surface area (Å²) in [6.07, 6.45) is 2.38. The predicted octanol–water partition coefficient (Wildman–Crippen LogP) is 1.85. The lowest BCUT2D eigenvalue weighted by molar-refractivity contribution is 0.389. The van der Waals surface area contributed by atoms with Crippen LogP contribution in [-0.2, 0) is 6.42 Å². The lowest BCUT2D eigenvalue weighted by atomic mass is 10.1. The number of nitrogen functional groups attached to an aromatic ring is 1. The maximum Gasteiger partial charge on any atom is 0.141 e. The first-order chi connectivity index (χ1) is 6.34. The first-order valence-corrected chi connectivity index (χ1v) is 4.08. The van der Waals surface area contributed by atoms with Crippen molar-refractivity contribution in [2.45, 2.75) is 6.42 Å². The van der Waals surface area contributed by atoms with Gasteiger partial charge in [0.25, 0.3) is 0 Å². The van der Waals surface area contributed by atoms with Crippen LogP contribution in [0.2, 0.25) is 0 Å². The van der Waals surface area contributed by atoms with E-state index in [0.717, 1.165) is 23.4 Å². The summed E-state index contributed by atoms with van der Waals surface area (Å²) in [4.78, 5) is 0. The molecule has 0 amide bonds. The molecule has 0 unspecified atom stereocenters. The molecule has 2 N–H and O–H groups in total. The standard InChI is InChI=1S/C10H10N2O/c11-9-3-1-2-8(6-9)7-10-4-5-12-13-10/h1-6H,7,11H2. The van der Waals surface area contributed by atoms with Crippen LogP contribution in [0.5, 0.6) is 0 Å². The molecule has 1 aromatic carbocycles. The highest BCUT2D eigenvalue weighted by Crippen LogP contribution is 2.11. The van der Waals surface area contributed by atoms with Crippen molar-refractivity contribution in [2.24, 2.45) is 0 Å². The van der Waals surface area contributed by atoms with Crippen molar-refractivity contribution in [3.05, 3.63) is 47.9 Å². The maximum absolute atomic E-state index is 5.64. The van der Waals surface area contributed by atoms with Crippen LogP contribution in [0.3, 0.4) is 0 Å². The number of nitrogens with zero attached hydrogens (tertiary/aromatic N) is 1.